The lowest BCUT2D eigenvalue weighted by Crippen LogP contribution is -2.29. The average Bonchev–Trinajstić information content (AvgIpc) is 2.44. The van der Waals surface area contributed by atoms with Crippen LogP contribution in [0.2, 0.25) is 0 Å². The molecule has 0 amide bonds. The third kappa shape index (κ3) is 4.73. The lowest BCUT2D eigenvalue weighted by Gasteiger charge is -2.23. The van der Waals surface area contributed by atoms with Crippen LogP contribution in [0.25, 0.3) is 0 Å². The maximum Gasteiger partial charge on any atom is 0.123 e. The Morgan fingerprint density at radius 1 is 1.26 bits per heavy atom. The second-order valence-electron chi connectivity index (χ2n) is 4.88. The Balaban J connectivity index is 2.73. The highest BCUT2D eigenvalue weighted by Gasteiger charge is 2.11. The zero-order valence-corrected chi connectivity index (χ0v) is 12.5. The molecule has 0 fully saturated rings. The molecule has 0 bridgehead atoms. The molecule has 1 aromatic rings. The van der Waals surface area contributed by atoms with Crippen molar-refractivity contribution in [2.75, 3.05) is 34.4 Å². The Morgan fingerprint density at radius 3 is 2.53 bits per heavy atom. The molecule has 0 aliphatic rings. The molecule has 2 N–H and O–H groups in total. The van der Waals surface area contributed by atoms with Crippen molar-refractivity contribution in [3.05, 3.63) is 23.8 Å². The zero-order valence-electron chi connectivity index (χ0n) is 12.5. The van der Waals surface area contributed by atoms with Gasteiger partial charge in [-0.2, -0.15) is 0 Å². The second-order valence-corrected chi connectivity index (χ2v) is 4.88. The lowest BCUT2D eigenvalue weighted by molar-refractivity contribution is 0.263. The van der Waals surface area contributed by atoms with Gasteiger partial charge in [0, 0.05) is 18.7 Å². The highest BCUT2D eigenvalue weighted by molar-refractivity contribution is 5.40. The summed E-state index contributed by atoms with van der Waals surface area (Å²) in [7, 11) is 5.48. The van der Waals surface area contributed by atoms with Crippen molar-refractivity contribution in [1.82, 2.24) is 4.90 Å². The van der Waals surface area contributed by atoms with E-state index in [4.69, 9.17) is 15.2 Å². The molecule has 4 heteroatoms. The van der Waals surface area contributed by atoms with Crippen molar-refractivity contribution in [3.8, 4) is 11.5 Å². The minimum atomic E-state index is 0.543. The van der Waals surface area contributed by atoms with E-state index in [2.05, 4.69) is 18.9 Å². The van der Waals surface area contributed by atoms with Crippen LogP contribution in [0.1, 0.15) is 18.9 Å². The molecular weight excluding hydrogens is 240 g/mol. The molecule has 1 rings (SSSR count). The van der Waals surface area contributed by atoms with E-state index in [9.17, 15) is 0 Å². The summed E-state index contributed by atoms with van der Waals surface area (Å²) < 4.78 is 10.7. The summed E-state index contributed by atoms with van der Waals surface area (Å²) in [6.45, 7) is 4.73. The molecule has 0 aliphatic heterocycles. The van der Waals surface area contributed by atoms with Gasteiger partial charge in [-0.1, -0.05) is 13.3 Å². The molecule has 1 atom stereocenters. The van der Waals surface area contributed by atoms with E-state index in [0.29, 0.717) is 5.92 Å². The summed E-state index contributed by atoms with van der Waals surface area (Å²) >= 11 is 0. The van der Waals surface area contributed by atoms with Crippen LogP contribution in [0.3, 0.4) is 0 Å². The summed E-state index contributed by atoms with van der Waals surface area (Å²) in [5.74, 6) is 2.30. The van der Waals surface area contributed by atoms with Crippen LogP contribution in [-0.2, 0) is 6.54 Å². The van der Waals surface area contributed by atoms with Crippen molar-refractivity contribution in [2.45, 2.75) is 19.9 Å². The summed E-state index contributed by atoms with van der Waals surface area (Å²) in [6.07, 6.45) is 1.11. The molecule has 4 nitrogen and oxygen atoms in total. The van der Waals surface area contributed by atoms with Crippen LogP contribution < -0.4 is 15.2 Å². The van der Waals surface area contributed by atoms with Crippen LogP contribution in [0, 0.1) is 5.92 Å². The maximum absolute atomic E-state index is 5.76. The number of benzene rings is 1. The Labute approximate surface area is 116 Å². The van der Waals surface area contributed by atoms with Crippen molar-refractivity contribution >= 4 is 0 Å². The molecule has 0 aliphatic carbocycles. The number of hydrogen-bond acceptors (Lipinski definition) is 4. The van der Waals surface area contributed by atoms with Crippen LogP contribution >= 0.6 is 0 Å². The Morgan fingerprint density at radius 2 is 2.00 bits per heavy atom. The Kier molecular flexibility index (Phi) is 6.67. The third-order valence-electron chi connectivity index (χ3n) is 3.41. The number of methoxy groups -OCH3 is 2. The van der Waals surface area contributed by atoms with E-state index >= 15 is 0 Å². The Bertz CT molecular complexity index is 378. The lowest BCUT2D eigenvalue weighted by atomic mass is 10.1. The molecule has 108 valence electrons. The second kappa shape index (κ2) is 8.02. The quantitative estimate of drug-likeness (QED) is 0.783. The fraction of sp³-hybridized carbons (Fsp3) is 0.600. The van der Waals surface area contributed by atoms with Crippen molar-refractivity contribution < 1.29 is 9.47 Å². The topological polar surface area (TPSA) is 47.7 Å². The average molecular weight is 266 g/mol. The number of ether oxygens (including phenoxy) is 2. The van der Waals surface area contributed by atoms with E-state index in [0.717, 1.165) is 43.1 Å². The molecule has 0 aromatic heterocycles. The van der Waals surface area contributed by atoms with Gasteiger partial charge in [-0.15, -0.1) is 0 Å². The molecule has 0 saturated carbocycles. The molecular formula is C15H26N2O2. The van der Waals surface area contributed by atoms with Gasteiger partial charge in [0.1, 0.15) is 11.5 Å². The number of hydrogen-bond donors (Lipinski definition) is 1. The molecule has 1 aromatic carbocycles. The van der Waals surface area contributed by atoms with E-state index in [1.807, 2.05) is 18.2 Å². The van der Waals surface area contributed by atoms with Gasteiger partial charge in [0.25, 0.3) is 0 Å². The normalized spacial score (nSPS) is 12.5. The first kappa shape index (κ1) is 15.8. The Hall–Kier alpha value is -1.26. The van der Waals surface area contributed by atoms with Crippen LogP contribution in [-0.4, -0.2) is 39.3 Å². The third-order valence-corrected chi connectivity index (χ3v) is 3.41. The predicted molar refractivity (Wildman–Crippen MR) is 78.7 cm³/mol. The molecule has 0 heterocycles. The monoisotopic (exact) mass is 266 g/mol. The first-order valence-electron chi connectivity index (χ1n) is 6.74. The summed E-state index contributed by atoms with van der Waals surface area (Å²) in [5.41, 5.74) is 6.89. The summed E-state index contributed by atoms with van der Waals surface area (Å²) in [5, 5.41) is 0. The van der Waals surface area contributed by atoms with E-state index < -0.39 is 0 Å². The maximum atomic E-state index is 5.76. The van der Waals surface area contributed by atoms with Crippen LogP contribution in [0.15, 0.2) is 18.2 Å². The van der Waals surface area contributed by atoms with Gasteiger partial charge in [0.2, 0.25) is 0 Å². The fourth-order valence-corrected chi connectivity index (χ4v) is 2.17. The SMILES string of the molecule is CCC(CN)CN(C)Cc1cc(OC)ccc1OC. The first-order valence-corrected chi connectivity index (χ1v) is 6.74. The summed E-state index contributed by atoms with van der Waals surface area (Å²) in [4.78, 5) is 2.28. The number of nitrogens with two attached hydrogens (primary N) is 1. The highest BCUT2D eigenvalue weighted by atomic mass is 16.5. The predicted octanol–water partition coefficient (Wildman–Crippen LogP) is 2.12. The molecule has 0 radical (unpaired) electrons. The van der Waals surface area contributed by atoms with Crippen molar-refractivity contribution in [1.29, 1.82) is 0 Å². The van der Waals surface area contributed by atoms with Gasteiger partial charge in [-0.05, 0) is 37.7 Å². The van der Waals surface area contributed by atoms with E-state index in [1.165, 1.54) is 0 Å². The van der Waals surface area contributed by atoms with Crippen molar-refractivity contribution in [3.63, 3.8) is 0 Å². The zero-order chi connectivity index (χ0) is 14.3. The fourth-order valence-electron chi connectivity index (χ4n) is 2.17. The van der Waals surface area contributed by atoms with E-state index in [-0.39, 0.29) is 0 Å². The summed E-state index contributed by atoms with van der Waals surface area (Å²) in [6, 6.07) is 5.89. The van der Waals surface area contributed by atoms with Gasteiger partial charge in [0.05, 0.1) is 14.2 Å². The molecule has 0 saturated heterocycles. The van der Waals surface area contributed by atoms with Gasteiger partial charge in [0.15, 0.2) is 0 Å². The standard InChI is InChI=1S/C15H26N2O2/c1-5-12(9-16)10-17(2)11-13-8-14(18-3)6-7-15(13)19-4/h6-8,12H,5,9-11,16H2,1-4H3. The molecule has 0 spiro atoms. The van der Waals surface area contributed by atoms with Gasteiger partial charge >= 0.3 is 0 Å². The van der Waals surface area contributed by atoms with Gasteiger partial charge in [-0.25, -0.2) is 0 Å². The highest BCUT2D eigenvalue weighted by Crippen LogP contribution is 2.25. The minimum absolute atomic E-state index is 0.543. The smallest absolute Gasteiger partial charge is 0.123 e. The van der Waals surface area contributed by atoms with Crippen molar-refractivity contribution in [2.24, 2.45) is 11.7 Å². The van der Waals surface area contributed by atoms with Gasteiger partial charge in [-0.3, -0.25) is 0 Å². The largest absolute Gasteiger partial charge is 0.497 e. The molecule has 19 heavy (non-hydrogen) atoms. The molecule has 1 unspecified atom stereocenters. The van der Waals surface area contributed by atoms with E-state index in [1.54, 1.807) is 14.2 Å². The number of rotatable bonds is 8. The first-order chi connectivity index (χ1) is 9.14. The van der Waals surface area contributed by atoms with Crippen LogP contribution in [0.4, 0.5) is 0 Å². The van der Waals surface area contributed by atoms with Gasteiger partial charge < -0.3 is 20.1 Å². The minimum Gasteiger partial charge on any atom is -0.497 e. The number of nitrogens with zero attached hydrogens (tertiary/aromatic N) is 1. The van der Waals surface area contributed by atoms with Crippen LogP contribution in [0.5, 0.6) is 11.5 Å².